The first-order valence-electron chi connectivity index (χ1n) is 9.48. The summed E-state index contributed by atoms with van der Waals surface area (Å²) in [6.07, 6.45) is 1.82. The van der Waals surface area contributed by atoms with Crippen molar-refractivity contribution in [2.45, 2.75) is 6.54 Å². The summed E-state index contributed by atoms with van der Waals surface area (Å²) >= 11 is 0. The van der Waals surface area contributed by atoms with Gasteiger partial charge in [-0.25, -0.2) is 0 Å². The average Bonchev–Trinajstić information content (AvgIpc) is 2.68. The summed E-state index contributed by atoms with van der Waals surface area (Å²) in [6, 6.07) is 14.7. The largest absolute Gasteiger partial charge is 0.369 e. The lowest BCUT2D eigenvalue weighted by Gasteiger charge is -2.34. The molecule has 0 radical (unpaired) electrons. The minimum absolute atomic E-state index is 0.0327. The third kappa shape index (κ3) is 3.86. The fraction of sp³-hybridized carbons (Fsp3) is 0.286. The van der Waals surface area contributed by atoms with Crippen molar-refractivity contribution in [3.05, 3.63) is 59.8 Å². The number of rotatable bonds is 3. The van der Waals surface area contributed by atoms with Gasteiger partial charge in [-0.3, -0.25) is 4.79 Å². The predicted molar refractivity (Wildman–Crippen MR) is 114 cm³/mol. The maximum atomic E-state index is 12.3. The summed E-state index contributed by atoms with van der Waals surface area (Å²) in [5.74, 6) is -0.0327. The van der Waals surface area contributed by atoms with Crippen molar-refractivity contribution < 1.29 is 4.79 Å². The quantitative estimate of drug-likeness (QED) is 0.628. The van der Waals surface area contributed by atoms with Gasteiger partial charge in [-0.2, -0.15) is 0 Å². The van der Waals surface area contributed by atoms with E-state index >= 15 is 0 Å². The molecule has 1 saturated heterocycles. The number of nitrogens with zero attached hydrogens (tertiary/aromatic N) is 2. The second-order valence-corrected chi connectivity index (χ2v) is 7.38. The Labute approximate surface area is 161 Å². The fourth-order valence-corrected chi connectivity index (χ4v) is 3.62. The van der Waals surface area contributed by atoms with Gasteiger partial charge < -0.3 is 20.4 Å². The second-order valence-electron chi connectivity index (χ2n) is 7.38. The Hall–Kier alpha value is -2.73. The number of carbonyl (C=O) groups excluding carboxylic acids is 1. The first-order valence-corrected chi connectivity index (χ1v) is 9.48. The molecule has 0 spiro atoms. The summed E-state index contributed by atoms with van der Waals surface area (Å²) in [6.45, 7) is 4.90. The Morgan fingerprint density at radius 1 is 1.07 bits per heavy atom. The molecule has 1 amide bonds. The van der Waals surface area contributed by atoms with Crippen LogP contribution in [0.5, 0.6) is 0 Å². The number of piperazine rings is 1. The first-order chi connectivity index (χ1) is 13.1. The van der Waals surface area contributed by atoms with Gasteiger partial charge in [-0.1, -0.05) is 23.7 Å². The molecule has 0 unspecified atom stereocenters. The second kappa shape index (κ2) is 7.49. The van der Waals surface area contributed by atoms with Gasteiger partial charge in [0.05, 0.1) is 5.57 Å². The summed E-state index contributed by atoms with van der Waals surface area (Å²) in [5, 5.41) is 6.23. The van der Waals surface area contributed by atoms with Gasteiger partial charge in [0.15, 0.2) is 0 Å². The lowest BCUT2D eigenvalue weighted by Crippen LogP contribution is -2.44. The third-order valence-electron chi connectivity index (χ3n) is 5.36. The number of likely N-dealkylation sites (N-methyl/N-ethyl adjacent to an activating group) is 1. The van der Waals surface area contributed by atoms with Crippen LogP contribution in [0.3, 0.4) is 0 Å². The van der Waals surface area contributed by atoms with E-state index in [1.54, 1.807) is 0 Å². The first kappa shape index (κ1) is 17.7. The van der Waals surface area contributed by atoms with Gasteiger partial charge in [-0.05, 0) is 42.4 Å². The third-order valence-corrected chi connectivity index (χ3v) is 5.36. The minimum atomic E-state index is -0.0327. The van der Waals surface area contributed by atoms with E-state index in [1.807, 2.05) is 6.20 Å². The highest BCUT2D eigenvalue weighted by Crippen LogP contribution is 2.24. The van der Waals surface area contributed by atoms with E-state index in [2.05, 4.69) is 77.8 Å². The summed E-state index contributed by atoms with van der Waals surface area (Å²) in [7, 11) is 4.22. The monoisotopic (exact) mass is 360 g/mol. The van der Waals surface area contributed by atoms with Gasteiger partial charge in [0.1, 0.15) is 7.85 Å². The molecule has 2 heterocycles. The topological polar surface area (TPSA) is 47.6 Å². The molecule has 2 aliphatic heterocycles. The fourth-order valence-electron chi connectivity index (χ4n) is 3.62. The van der Waals surface area contributed by atoms with E-state index in [0.717, 1.165) is 48.5 Å². The number of benzene rings is 2. The van der Waals surface area contributed by atoms with Crippen LogP contribution in [0.25, 0.3) is 5.57 Å². The highest BCUT2D eigenvalue weighted by molar-refractivity contribution is 6.33. The van der Waals surface area contributed by atoms with Crippen LogP contribution in [0.15, 0.2) is 48.7 Å². The molecule has 0 aliphatic carbocycles. The summed E-state index contributed by atoms with van der Waals surface area (Å²) < 4.78 is 0. The number of hydrogen-bond donors (Lipinski definition) is 2. The van der Waals surface area contributed by atoms with Crippen molar-refractivity contribution in [3.63, 3.8) is 0 Å². The number of nitrogens with one attached hydrogen (secondary N) is 2. The summed E-state index contributed by atoms with van der Waals surface area (Å²) in [5.41, 5.74) is 6.23. The normalized spacial score (nSPS) is 18.9. The average molecular weight is 360 g/mol. The van der Waals surface area contributed by atoms with E-state index in [0.29, 0.717) is 12.1 Å². The van der Waals surface area contributed by atoms with Crippen molar-refractivity contribution >= 4 is 36.2 Å². The molecule has 2 aromatic rings. The molecule has 0 atom stereocenters. The minimum Gasteiger partial charge on any atom is -0.369 e. The molecule has 0 bridgehead atoms. The highest BCUT2D eigenvalue weighted by atomic mass is 16.1. The van der Waals surface area contributed by atoms with Gasteiger partial charge in [0.25, 0.3) is 5.91 Å². The van der Waals surface area contributed by atoms with E-state index in [4.69, 9.17) is 0 Å². The number of amides is 1. The molecular weight excluding hydrogens is 335 g/mol. The van der Waals surface area contributed by atoms with E-state index in [9.17, 15) is 4.79 Å². The lowest BCUT2D eigenvalue weighted by molar-refractivity contribution is -0.116. The Kier molecular flexibility index (Phi) is 4.90. The van der Waals surface area contributed by atoms with Crippen LogP contribution in [0.4, 0.5) is 11.4 Å². The molecule has 2 aliphatic rings. The van der Waals surface area contributed by atoms with Crippen molar-refractivity contribution in [3.8, 4) is 0 Å². The van der Waals surface area contributed by atoms with Gasteiger partial charge in [0, 0.05) is 50.3 Å². The van der Waals surface area contributed by atoms with Crippen molar-refractivity contribution in [1.29, 1.82) is 0 Å². The number of anilines is 2. The standard InChI is InChI=1S/C21H25BN4O/c1-25-8-10-26(11-9-25)18-6-4-17(5-7-18)23-14-20-19-12-16(22)3-2-15(19)13-24-21(20)27/h2-7,12,14,23H,8-11,13,22H2,1H3,(H,24,27)/b20-14-. The maximum Gasteiger partial charge on any atom is 0.253 e. The number of hydrogen-bond acceptors (Lipinski definition) is 4. The Morgan fingerprint density at radius 3 is 2.56 bits per heavy atom. The highest BCUT2D eigenvalue weighted by Gasteiger charge is 2.21. The lowest BCUT2D eigenvalue weighted by atomic mass is 9.87. The van der Waals surface area contributed by atoms with Crippen molar-refractivity contribution in [2.75, 3.05) is 43.4 Å². The van der Waals surface area contributed by atoms with E-state index in [1.165, 1.54) is 5.69 Å². The molecule has 5 nitrogen and oxygen atoms in total. The Morgan fingerprint density at radius 2 is 1.81 bits per heavy atom. The summed E-state index contributed by atoms with van der Waals surface area (Å²) in [4.78, 5) is 17.1. The number of fused-ring (bicyclic) bond motifs is 1. The van der Waals surface area contributed by atoms with Crippen LogP contribution in [-0.4, -0.2) is 51.9 Å². The van der Waals surface area contributed by atoms with E-state index < -0.39 is 0 Å². The Balaban J connectivity index is 1.50. The van der Waals surface area contributed by atoms with Crippen molar-refractivity contribution in [2.24, 2.45) is 0 Å². The van der Waals surface area contributed by atoms with Crippen LogP contribution < -0.4 is 21.0 Å². The molecule has 1 fully saturated rings. The van der Waals surface area contributed by atoms with Gasteiger partial charge >= 0.3 is 0 Å². The SMILES string of the molecule is Bc1ccc2c(c1)/C(=C/Nc1ccc(N3CCN(C)CC3)cc1)C(=O)NC2. The van der Waals surface area contributed by atoms with Crippen LogP contribution in [0, 0.1) is 0 Å². The zero-order valence-electron chi connectivity index (χ0n) is 16.0. The van der Waals surface area contributed by atoms with Crippen LogP contribution in [-0.2, 0) is 11.3 Å². The molecule has 0 saturated carbocycles. The van der Waals surface area contributed by atoms with Crippen molar-refractivity contribution in [1.82, 2.24) is 10.2 Å². The molecule has 27 heavy (non-hydrogen) atoms. The number of carbonyl (C=O) groups is 1. The smallest absolute Gasteiger partial charge is 0.253 e. The molecule has 2 N–H and O–H groups in total. The van der Waals surface area contributed by atoms with Gasteiger partial charge in [-0.15, -0.1) is 0 Å². The molecule has 6 heteroatoms. The molecule has 2 aromatic carbocycles. The van der Waals surface area contributed by atoms with Crippen LogP contribution in [0.2, 0.25) is 0 Å². The maximum absolute atomic E-state index is 12.3. The van der Waals surface area contributed by atoms with Gasteiger partial charge in [0.2, 0.25) is 0 Å². The molecular formula is C21H25BN4O. The molecule has 138 valence electrons. The zero-order chi connectivity index (χ0) is 18.8. The zero-order valence-corrected chi connectivity index (χ0v) is 16.0. The Bertz CT molecular complexity index is 870. The molecule has 0 aromatic heterocycles. The van der Waals surface area contributed by atoms with Crippen LogP contribution in [0.1, 0.15) is 11.1 Å². The predicted octanol–water partition coefficient (Wildman–Crippen LogP) is 0.780. The van der Waals surface area contributed by atoms with Crippen LogP contribution >= 0.6 is 0 Å². The molecule has 4 rings (SSSR count). The van der Waals surface area contributed by atoms with E-state index in [-0.39, 0.29) is 5.91 Å².